The topological polar surface area (TPSA) is 74.3 Å². The molecule has 1 fully saturated rings. The minimum atomic E-state index is -0.845. The second-order valence-electron chi connectivity index (χ2n) is 14.2. The number of tetrazole rings is 1. The molecule has 0 spiro atoms. The highest BCUT2D eigenvalue weighted by Crippen LogP contribution is 2.44. The van der Waals surface area contributed by atoms with Gasteiger partial charge in [-0.15, -0.1) is 5.10 Å². The number of hydrogen-bond donors (Lipinski definition) is 0. The molecule has 1 aliphatic carbocycles. The van der Waals surface area contributed by atoms with Gasteiger partial charge >= 0.3 is 0 Å². The summed E-state index contributed by atoms with van der Waals surface area (Å²) in [5.41, 5.74) is 10.8. The first-order valence-corrected chi connectivity index (χ1v) is 18.8. The minimum Gasteiger partial charge on any atom is -0.323 e. The number of aromatic nitrogens is 7. The van der Waals surface area contributed by atoms with Crippen molar-refractivity contribution >= 4 is 11.0 Å². The van der Waals surface area contributed by atoms with E-state index in [0.717, 1.165) is 68.0 Å². The van der Waals surface area contributed by atoms with Crippen molar-refractivity contribution in [2.75, 3.05) is 0 Å². The summed E-state index contributed by atoms with van der Waals surface area (Å²) in [6, 6.07) is 61.4. The van der Waals surface area contributed by atoms with Gasteiger partial charge in [0.2, 0.25) is 0 Å². The van der Waals surface area contributed by atoms with Crippen LogP contribution in [0, 0.1) is 0 Å². The summed E-state index contributed by atoms with van der Waals surface area (Å²) < 4.78 is 4.40. The maximum Gasteiger partial charge on any atom is 0.184 e. The summed E-state index contributed by atoms with van der Waals surface area (Å²) in [4.78, 5) is 9.86. The highest BCUT2D eigenvalue weighted by molar-refractivity contribution is 5.82. The van der Waals surface area contributed by atoms with Gasteiger partial charge in [0.25, 0.3) is 0 Å². The van der Waals surface area contributed by atoms with Crippen molar-refractivity contribution in [3.63, 3.8) is 0 Å². The first kappa shape index (κ1) is 32.6. The van der Waals surface area contributed by atoms with E-state index in [0.29, 0.717) is 11.7 Å². The number of rotatable bonds is 10. The zero-order chi connectivity index (χ0) is 36.6. The van der Waals surface area contributed by atoms with E-state index in [-0.39, 0.29) is 0 Å². The van der Waals surface area contributed by atoms with Crippen LogP contribution in [0.4, 0.5) is 0 Å². The predicted octanol–water partition coefficient (Wildman–Crippen LogP) is 10.2. The summed E-state index contributed by atoms with van der Waals surface area (Å²) in [5, 5.41) is 13.9. The van der Waals surface area contributed by atoms with Gasteiger partial charge in [-0.1, -0.05) is 170 Å². The molecule has 9 aromatic rings. The second-order valence-corrected chi connectivity index (χ2v) is 14.2. The summed E-state index contributed by atoms with van der Waals surface area (Å²) in [5.74, 6) is 2.33. The van der Waals surface area contributed by atoms with Gasteiger partial charge in [0, 0.05) is 23.6 Å². The molecule has 264 valence electrons. The van der Waals surface area contributed by atoms with Crippen molar-refractivity contribution in [3.8, 4) is 33.8 Å². The average Bonchev–Trinajstić information content (AvgIpc) is 3.89. The smallest absolute Gasteiger partial charge is 0.184 e. The van der Waals surface area contributed by atoms with E-state index in [4.69, 9.17) is 20.3 Å². The van der Waals surface area contributed by atoms with Crippen LogP contribution < -0.4 is 0 Å². The molecule has 7 heteroatoms. The Labute approximate surface area is 319 Å². The molecule has 0 amide bonds. The van der Waals surface area contributed by atoms with E-state index in [1.165, 1.54) is 18.4 Å². The van der Waals surface area contributed by atoms with Gasteiger partial charge in [-0.3, -0.25) is 4.98 Å². The number of fused-ring (bicyclic) bond motifs is 1. The number of benzene rings is 6. The highest BCUT2D eigenvalue weighted by Gasteiger charge is 2.42. The van der Waals surface area contributed by atoms with Crippen molar-refractivity contribution in [1.29, 1.82) is 0 Å². The molecular weight excluding hydrogens is 675 g/mol. The van der Waals surface area contributed by atoms with E-state index < -0.39 is 5.54 Å². The lowest BCUT2D eigenvalue weighted by atomic mass is 9.77. The third-order valence-corrected chi connectivity index (χ3v) is 10.8. The second kappa shape index (κ2) is 13.8. The fourth-order valence-corrected chi connectivity index (χ4v) is 8.02. The molecule has 3 heterocycles. The SMILES string of the molecule is c1ccc(-c2cc3c(cn2)nc(C2CC2)n3Cc2ccc(-c3ccccc3-c3nnnn3C(c3ccccc3)(c3ccccc3)c3ccccc3)cc2)cc1. The maximum absolute atomic E-state index is 5.08. The van der Waals surface area contributed by atoms with Gasteiger partial charge in [-0.25, -0.2) is 9.67 Å². The van der Waals surface area contributed by atoms with E-state index in [1.54, 1.807) is 0 Å². The third-order valence-electron chi connectivity index (χ3n) is 10.8. The van der Waals surface area contributed by atoms with Crippen molar-refractivity contribution in [3.05, 3.63) is 210 Å². The van der Waals surface area contributed by atoms with Gasteiger partial charge in [0.1, 0.15) is 16.9 Å². The van der Waals surface area contributed by atoms with Gasteiger partial charge in [0.15, 0.2) is 5.82 Å². The minimum absolute atomic E-state index is 0.500. The summed E-state index contributed by atoms with van der Waals surface area (Å²) in [6.07, 6.45) is 4.28. The first-order chi connectivity index (χ1) is 27.3. The van der Waals surface area contributed by atoms with Gasteiger partial charge in [-0.2, -0.15) is 0 Å². The van der Waals surface area contributed by atoms with Crippen molar-refractivity contribution in [1.82, 2.24) is 34.7 Å². The van der Waals surface area contributed by atoms with Crippen LogP contribution in [-0.4, -0.2) is 34.7 Å². The zero-order valence-electron chi connectivity index (χ0n) is 30.1. The Balaban J connectivity index is 1.06. The third kappa shape index (κ3) is 5.81. The van der Waals surface area contributed by atoms with E-state index in [9.17, 15) is 0 Å². The maximum atomic E-state index is 5.08. The summed E-state index contributed by atoms with van der Waals surface area (Å²) in [7, 11) is 0. The summed E-state index contributed by atoms with van der Waals surface area (Å²) in [6.45, 7) is 0.731. The predicted molar refractivity (Wildman–Crippen MR) is 217 cm³/mol. The number of pyridine rings is 1. The molecular formula is C48H37N7. The quantitative estimate of drug-likeness (QED) is 0.132. The van der Waals surface area contributed by atoms with Crippen LogP contribution in [0.15, 0.2) is 182 Å². The number of hydrogen-bond acceptors (Lipinski definition) is 5. The van der Waals surface area contributed by atoms with Crippen LogP contribution in [0.5, 0.6) is 0 Å². The van der Waals surface area contributed by atoms with E-state index in [1.807, 2.05) is 35.1 Å². The van der Waals surface area contributed by atoms with Crippen molar-refractivity contribution in [2.45, 2.75) is 30.8 Å². The van der Waals surface area contributed by atoms with Gasteiger partial charge < -0.3 is 4.57 Å². The van der Waals surface area contributed by atoms with Crippen molar-refractivity contribution < 1.29 is 0 Å². The molecule has 0 radical (unpaired) electrons. The highest BCUT2D eigenvalue weighted by atomic mass is 15.6. The Bertz CT molecular complexity index is 2620. The van der Waals surface area contributed by atoms with Gasteiger partial charge in [-0.05, 0) is 62.7 Å². The fraction of sp³-hybridized carbons (Fsp3) is 0.104. The molecule has 0 atom stereocenters. The number of imidazole rings is 1. The standard InChI is InChI=1S/C48H37N7/c1-5-15-36(16-6-1)43-31-45-44(32-49-43)50-46(37-29-30-37)54(45)33-34-25-27-35(28-26-34)41-23-13-14-24-42(41)47-51-52-53-55(47)48(38-17-7-2-8-18-38,39-19-9-3-10-20-39)40-21-11-4-12-22-40/h1-28,31-32,37H,29-30,33H2. The van der Waals surface area contributed by atoms with Gasteiger partial charge in [0.05, 0.1) is 17.4 Å². The molecule has 7 nitrogen and oxygen atoms in total. The molecule has 55 heavy (non-hydrogen) atoms. The molecule has 1 saturated carbocycles. The Kier molecular flexibility index (Phi) is 8.17. The molecule has 0 bridgehead atoms. The Morgan fingerprint density at radius 3 is 1.75 bits per heavy atom. The lowest BCUT2D eigenvalue weighted by Crippen LogP contribution is -2.39. The monoisotopic (exact) mass is 711 g/mol. The van der Waals surface area contributed by atoms with Crippen LogP contribution in [-0.2, 0) is 12.1 Å². The van der Waals surface area contributed by atoms with Crippen LogP contribution in [0.2, 0.25) is 0 Å². The molecule has 0 unspecified atom stereocenters. The van der Waals surface area contributed by atoms with Crippen LogP contribution in [0.25, 0.3) is 44.8 Å². The molecule has 6 aromatic carbocycles. The normalized spacial score (nSPS) is 12.9. The Morgan fingerprint density at radius 2 is 1.15 bits per heavy atom. The molecule has 0 saturated heterocycles. The Morgan fingerprint density at radius 1 is 0.582 bits per heavy atom. The average molecular weight is 712 g/mol. The van der Waals surface area contributed by atoms with Crippen LogP contribution >= 0.6 is 0 Å². The van der Waals surface area contributed by atoms with Crippen LogP contribution in [0.3, 0.4) is 0 Å². The molecule has 0 N–H and O–H groups in total. The lowest BCUT2D eigenvalue weighted by molar-refractivity contribution is 0.451. The molecule has 1 aliphatic rings. The molecule has 0 aliphatic heterocycles. The Hall–Kier alpha value is -6.99. The number of nitrogens with zero attached hydrogens (tertiary/aromatic N) is 7. The zero-order valence-corrected chi connectivity index (χ0v) is 30.1. The summed E-state index contributed by atoms with van der Waals surface area (Å²) >= 11 is 0. The molecule has 10 rings (SSSR count). The lowest BCUT2D eigenvalue weighted by Gasteiger charge is -2.36. The largest absolute Gasteiger partial charge is 0.323 e. The van der Waals surface area contributed by atoms with E-state index >= 15 is 0 Å². The fourth-order valence-electron chi connectivity index (χ4n) is 8.02. The van der Waals surface area contributed by atoms with E-state index in [2.05, 4.69) is 161 Å². The van der Waals surface area contributed by atoms with Crippen LogP contribution in [0.1, 0.15) is 46.8 Å². The first-order valence-electron chi connectivity index (χ1n) is 18.8. The van der Waals surface area contributed by atoms with Crippen molar-refractivity contribution in [2.24, 2.45) is 0 Å². The molecule has 3 aromatic heterocycles.